The summed E-state index contributed by atoms with van der Waals surface area (Å²) in [5.41, 5.74) is 7.28. The third kappa shape index (κ3) is 1.21. The number of hydrogen-bond acceptors (Lipinski definition) is 1. The third-order valence-corrected chi connectivity index (χ3v) is 3.05. The van der Waals surface area contributed by atoms with Gasteiger partial charge >= 0.3 is 0 Å². The van der Waals surface area contributed by atoms with Crippen LogP contribution < -0.4 is 5.73 Å². The van der Waals surface area contributed by atoms with Crippen molar-refractivity contribution in [3.63, 3.8) is 0 Å². The molecule has 1 unspecified atom stereocenters. The molecule has 1 aromatic carbocycles. The van der Waals surface area contributed by atoms with E-state index in [1.54, 1.807) is 6.92 Å². The van der Waals surface area contributed by atoms with Gasteiger partial charge in [-0.2, -0.15) is 0 Å². The Morgan fingerprint density at radius 3 is 2.46 bits per heavy atom. The van der Waals surface area contributed by atoms with E-state index in [1.807, 2.05) is 24.3 Å². The summed E-state index contributed by atoms with van der Waals surface area (Å²) in [6.07, 6.45) is 1.06. The number of nitrogen functional groups attached to an aromatic ring is 1. The highest BCUT2D eigenvalue weighted by Crippen LogP contribution is 2.53. The van der Waals surface area contributed by atoms with E-state index in [0.717, 1.165) is 24.1 Å². The largest absolute Gasteiger partial charge is 0.398 e. The Hall–Kier alpha value is -1.05. The van der Waals surface area contributed by atoms with Gasteiger partial charge in [-0.15, -0.1) is 0 Å². The molecule has 0 saturated heterocycles. The van der Waals surface area contributed by atoms with E-state index in [1.165, 1.54) is 0 Å². The van der Waals surface area contributed by atoms with Crippen LogP contribution >= 0.6 is 0 Å². The minimum atomic E-state index is -0.794. The molecule has 1 atom stereocenters. The van der Waals surface area contributed by atoms with E-state index in [9.17, 15) is 4.39 Å². The van der Waals surface area contributed by atoms with Crippen LogP contribution in [0.1, 0.15) is 25.3 Å². The molecule has 0 aliphatic heterocycles. The molecule has 0 amide bonds. The van der Waals surface area contributed by atoms with Crippen molar-refractivity contribution in [2.45, 2.75) is 31.4 Å². The van der Waals surface area contributed by atoms with Gasteiger partial charge in [-0.3, -0.25) is 0 Å². The average molecular weight is 179 g/mol. The van der Waals surface area contributed by atoms with Gasteiger partial charge in [-0.05, 0) is 31.4 Å². The van der Waals surface area contributed by atoms with E-state index in [2.05, 4.69) is 0 Å². The Bertz CT molecular complexity index is 316. The van der Waals surface area contributed by atoms with Gasteiger partial charge in [0.25, 0.3) is 0 Å². The summed E-state index contributed by atoms with van der Waals surface area (Å²) in [6.45, 7) is 1.62. The molecular weight excluding hydrogens is 165 g/mol. The summed E-state index contributed by atoms with van der Waals surface area (Å²) in [5.74, 6) is 0. The molecule has 0 radical (unpaired) electrons. The molecule has 2 rings (SSSR count). The first kappa shape index (κ1) is 8.54. The van der Waals surface area contributed by atoms with Crippen LogP contribution in [0.25, 0.3) is 0 Å². The van der Waals surface area contributed by atoms with Crippen LogP contribution in [-0.2, 0) is 5.41 Å². The van der Waals surface area contributed by atoms with E-state index in [-0.39, 0.29) is 5.41 Å². The molecule has 0 aromatic heterocycles. The Morgan fingerprint density at radius 2 is 2.00 bits per heavy atom. The summed E-state index contributed by atoms with van der Waals surface area (Å²) < 4.78 is 13.4. The predicted molar refractivity (Wildman–Crippen MR) is 52.3 cm³/mol. The summed E-state index contributed by atoms with van der Waals surface area (Å²) in [5, 5.41) is 0. The molecule has 0 bridgehead atoms. The highest BCUT2D eigenvalue weighted by Gasteiger charge is 2.50. The molecule has 1 saturated carbocycles. The van der Waals surface area contributed by atoms with Gasteiger partial charge in [0.1, 0.15) is 6.17 Å². The van der Waals surface area contributed by atoms with Crippen molar-refractivity contribution in [3.05, 3.63) is 29.8 Å². The molecule has 1 aliphatic carbocycles. The first-order valence-electron chi connectivity index (χ1n) is 4.66. The number of nitrogens with two attached hydrogens (primary N) is 1. The fourth-order valence-electron chi connectivity index (χ4n) is 1.97. The highest BCUT2D eigenvalue weighted by molar-refractivity contribution is 5.53. The van der Waals surface area contributed by atoms with Crippen molar-refractivity contribution >= 4 is 5.69 Å². The van der Waals surface area contributed by atoms with Gasteiger partial charge in [0.2, 0.25) is 0 Å². The lowest BCUT2D eigenvalue weighted by atomic mass is 9.90. The van der Waals surface area contributed by atoms with Crippen LogP contribution in [0.3, 0.4) is 0 Å². The standard InChI is InChI=1S/C11H14FN/c1-8(12)11(6-7-11)9-4-2-3-5-10(9)13/h2-5,8H,6-7,13H2,1H3. The lowest BCUT2D eigenvalue weighted by Crippen LogP contribution is -2.19. The van der Waals surface area contributed by atoms with Crippen LogP contribution in [0.15, 0.2) is 24.3 Å². The van der Waals surface area contributed by atoms with Crippen LogP contribution in [0.4, 0.5) is 10.1 Å². The number of rotatable bonds is 2. The molecule has 1 aromatic rings. The van der Waals surface area contributed by atoms with Crippen LogP contribution in [0, 0.1) is 0 Å². The minimum Gasteiger partial charge on any atom is -0.398 e. The lowest BCUT2D eigenvalue weighted by molar-refractivity contribution is 0.291. The minimum absolute atomic E-state index is 0.259. The normalized spacial score (nSPS) is 21.1. The quantitative estimate of drug-likeness (QED) is 0.694. The number of hydrogen-bond donors (Lipinski definition) is 1. The summed E-state index contributed by atoms with van der Waals surface area (Å²) >= 11 is 0. The number of halogens is 1. The maximum absolute atomic E-state index is 13.4. The van der Waals surface area contributed by atoms with E-state index in [4.69, 9.17) is 5.73 Å². The molecule has 1 fully saturated rings. The summed E-state index contributed by atoms with van der Waals surface area (Å²) in [4.78, 5) is 0. The number of para-hydroxylation sites is 1. The second-order valence-electron chi connectivity index (χ2n) is 3.86. The smallest absolute Gasteiger partial charge is 0.107 e. The van der Waals surface area contributed by atoms with Gasteiger partial charge in [0.15, 0.2) is 0 Å². The zero-order valence-corrected chi connectivity index (χ0v) is 7.76. The Morgan fingerprint density at radius 1 is 1.38 bits per heavy atom. The van der Waals surface area contributed by atoms with Gasteiger partial charge < -0.3 is 5.73 Å². The summed E-state index contributed by atoms with van der Waals surface area (Å²) in [7, 11) is 0. The summed E-state index contributed by atoms with van der Waals surface area (Å²) in [6, 6.07) is 7.60. The van der Waals surface area contributed by atoms with Gasteiger partial charge in [-0.1, -0.05) is 18.2 Å². The van der Waals surface area contributed by atoms with Crippen molar-refractivity contribution < 1.29 is 4.39 Å². The van der Waals surface area contributed by atoms with Gasteiger partial charge in [0.05, 0.1) is 0 Å². The second-order valence-corrected chi connectivity index (χ2v) is 3.86. The molecule has 1 aliphatic rings. The van der Waals surface area contributed by atoms with Gasteiger partial charge in [-0.25, -0.2) is 4.39 Å². The molecule has 0 spiro atoms. The van der Waals surface area contributed by atoms with Crippen molar-refractivity contribution in [1.29, 1.82) is 0 Å². The monoisotopic (exact) mass is 179 g/mol. The number of anilines is 1. The van der Waals surface area contributed by atoms with Crippen molar-refractivity contribution in [3.8, 4) is 0 Å². The fourth-order valence-corrected chi connectivity index (χ4v) is 1.97. The Balaban J connectivity index is 2.41. The van der Waals surface area contributed by atoms with Crippen LogP contribution in [0.5, 0.6) is 0 Å². The molecule has 1 nitrogen and oxygen atoms in total. The second kappa shape index (κ2) is 2.72. The highest BCUT2D eigenvalue weighted by atomic mass is 19.1. The Labute approximate surface area is 77.8 Å². The van der Waals surface area contributed by atoms with E-state index >= 15 is 0 Å². The first-order chi connectivity index (χ1) is 6.17. The molecule has 2 heteroatoms. The predicted octanol–water partition coefficient (Wildman–Crippen LogP) is 2.66. The van der Waals surface area contributed by atoms with E-state index in [0.29, 0.717) is 0 Å². The maximum atomic E-state index is 13.4. The van der Waals surface area contributed by atoms with Gasteiger partial charge in [0, 0.05) is 11.1 Å². The van der Waals surface area contributed by atoms with E-state index < -0.39 is 6.17 Å². The molecule has 70 valence electrons. The Kier molecular flexibility index (Phi) is 1.79. The molecule has 2 N–H and O–H groups in total. The third-order valence-electron chi connectivity index (χ3n) is 3.05. The van der Waals surface area contributed by atoms with Crippen molar-refractivity contribution in [2.24, 2.45) is 0 Å². The molecule has 0 heterocycles. The SMILES string of the molecule is CC(F)C1(c2ccccc2N)CC1. The molecular formula is C11H14FN. The maximum Gasteiger partial charge on any atom is 0.107 e. The zero-order chi connectivity index (χ0) is 9.47. The number of alkyl halides is 1. The average Bonchev–Trinajstić information content (AvgIpc) is 2.85. The lowest BCUT2D eigenvalue weighted by Gasteiger charge is -2.18. The number of benzene rings is 1. The van der Waals surface area contributed by atoms with Crippen LogP contribution in [0.2, 0.25) is 0 Å². The van der Waals surface area contributed by atoms with Crippen molar-refractivity contribution in [1.82, 2.24) is 0 Å². The fraction of sp³-hybridized carbons (Fsp3) is 0.455. The molecule has 13 heavy (non-hydrogen) atoms. The zero-order valence-electron chi connectivity index (χ0n) is 7.76. The van der Waals surface area contributed by atoms with Crippen LogP contribution in [-0.4, -0.2) is 6.17 Å². The van der Waals surface area contributed by atoms with Crippen molar-refractivity contribution in [2.75, 3.05) is 5.73 Å². The first-order valence-corrected chi connectivity index (χ1v) is 4.66. The topological polar surface area (TPSA) is 26.0 Å².